The van der Waals surface area contributed by atoms with Crippen LogP contribution in [0.4, 0.5) is 11.4 Å². The molecule has 3 rings (SSSR count). The van der Waals surface area contributed by atoms with Gasteiger partial charge in [-0.1, -0.05) is 26.0 Å². The first-order valence-corrected chi connectivity index (χ1v) is 10.6. The molecular formula is C23H27BrN2O3. The normalized spacial score (nSPS) is 15.5. The Hall–Kier alpha value is -2.34. The number of fused-ring (bicyclic) bond motifs is 1. The zero-order chi connectivity index (χ0) is 21.2. The summed E-state index contributed by atoms with van der Waals surface area (Å²) in [5.74, 6) is 0.946. The summed E-state index contributed by atoms with van der Waals surface area (Å²) in [7, 11) is 0. The Balaban J connectivity index is 1.93. The zero-order valence-electron chi connectivity index (χ0n) is 17.3. The van der Waals surface area contributed by atoms with E-state index >= 15 is 0 Å². The molecule has 0 aromatic heterocycles. The standard InChI is InChI=1S/C23H27BrN2O3/c1-15(2)11-12-26-19-13-16(25-21(27)17-7-5-6-8-18(17)24)9-10-20(19)29-14-23(3,4)22(26)28/h5-10,13,15H,11-12,14H2,1-4H3,(H,25,27). The lowest BCUT2D eigenvalue weighted by Gasteiger charge is -2.28. The molecule has 1 N–H and O–H groups in total. The number of carbonyl (C=O) groups is 2. The Morgan fingerprint density at radius 1 is 1.24 bits per heavy atom. The van der Waals surface area contributed by atoms with Crippen LogP contribution in [0.2, 0.25) is 0 Å². The highest BCUT2D eigenvalue weighted by Gasteiger charge is 2.37. The fourth-order valence-electron chi connectivity index (χ4n) is 3.18. The summed E-state index contributed by atoms with van der Waals surface area (Å²) in [4.78, 5) is 27.7. The Morgan fingerprint density at radius 3 is 2.66 bits per heavy atom. The van der Waals surface area contributed by atoms with Gasteiger partial charge in [-0.3, -0.25) is 9.59 Å². The lowest BCUT2D eigenvalue weighted by atomic mass is 9.92. The van der Waals surface area contributed by atoms with Crippen molar-refractivity contribution in [3.05, 3.63) is 52.5 Å². The van der Waals surface area contributed by atoms with E-state index in [2.05, 4.69) is 35.1 Å². The van der Waals surface area contributed by atoms with Crippen LogP contribution in [-0.4, -0.2) is 25.0 Å². The first kappa shape index (κ1) is 21.4. The van der Waals surface area contributed by atoms with Crippen molar-refractivity contribution in [2.24, 2.45) is 11.3 Å². The number of benzene rings is 2. The van der Waals surface area contributed by atoms with E-state index in [4.69, 9.17) is 4.74 Å². The van der Waals surface area contributed by atoms with Crippen LogP contribution in [0.1, 0.15) is 44.5 Å². The summed E-state index contributed by atoms with van der Waals surface area (Å²) < 4.78 is 6.68. The van der Waals surface area contributed by atoms with Gasteiger partial charge >= 0.3 is 0 Å². The molecule has 0 saturated heterocycles. The largest absolute Gasteiger partial charge is 0.490 e. The van der Waals surface area contributed by atoms with Gasteiger partial charge in [-0.25, -0.2) is 0 Å². The van der Waals surface area contributed by atoms with Crippen molar-refractivity contribution in [3.63, 3.8) is 0 Å². The number of amides is 2. The third-order valence-corrected chi connectivity index (χ3v) is 5.66. The molecular weight excluding hydrogens is 432 g/mol. The van der Waals surface area contributed by atoms with E-state index in [1.807, 2.05) is 44.2 Å². The van der Waals surface area contributed by atoms with Gasteiger partial charge in [-0.2, -0.15) is 0 Å². The van der Waals surface area contributed by atoms with E-state index in [0.29, 0.717) is 41.8 Å². The molecule has 0 bridgehead atoms. The number of hydrogen-bond acceptors (Lipinski definition) is 3. The summed E-state index contributed by atoms with van der Waals surface area (Å²) in [6.07, 6.45) is 0.884. The Labute approximate surface area is 180 Å². The maximum absolute atomic E-state index is 13.2. The van der Waals surface area contributed by atoms with Gasteiger partial charge in [0.25, 0.3) is 5.91 Å². The number of nitrogens with one attached hydrogen (secondary N) is 1. The van der Waals surface area contributed by atoms with Crippen LogP contribution in [0, 0.1) is 11.3 Å². The van der Waals surface area contributed by atoms with Crippen molar-refractivity contribution < 1.29 is 14.3 Å². The number of anilines is 2. The molecule has 0 spiro atoms. The molecule has 2 aromatic rings. The minimum absolute atomic E-state index is 0.0335. The van der Waals surface area contributed by atoms with Gasteiger partial charge in [-0.05, 0) is 72.4 Å². The van der Waals surface area contributed by atoms with E-state index in [9.17, 15) is 9.59 Å². The van der Waals surface area contributed by atoms with Crippen LogP contribution in [0.15, 0.2) is 46.9 Å². The van der Waals surface area contributed by atoms with Crippen LogP contribution < -0.4 is 15.0 Å². The summed E-state index contributed by atoms with van der Waals surface area (Å²) >= 11 is 3.41. The number of carbonyl (C=O) groups excluding carboxylic acids is 2. The number of rotatable bonds is 5. The van der Waals surface area contributed by atoms with Crippen LogP contribution >= 0.6 is 15.9 Å². The first-order valence-electron chi connectivity index (χ1n) is 9.84. The number of ether oxygens (including phenoxy) is 1. The highest BCUT2D eigenvalue weighted by atomic mass is 79.9. The molecule has 1 aliphatic rings. The average Bonchev–Trinajstić information content (AvgIpc) is 2.75. The van der Waals surface area contributed by atoms with Crippen molar-refractivity contribution in [2.75, 3.05) is 23.4 Å². The van der Waals surface area contributed by atoms with Crippen LogP contribution in [0.25, 0.3) is 0 Å². The molecule has 5 nitrogen and oxygen atoms in total. The smallest absolute Gasteiger partial charge is 0.256 e. The third kappa shape index (κ3) is 4.81. The Morgan fingerprint density at radius 2 is 1.97 bits per heavy atom. The molecule has 0 atom stereocenters. The minimum Gasteiger partial charge on any atom is -0.490 e. The summed E-state index contributed by atoms with van der Waals surface area (Å²) in [6, 6.07) is 12.7. The predicted octanol–water partition coefficient (Wildman–Crippen LogP) is 5.50. The molecule has 1 heterocycles. The summed E-state index contributed by atoms with van der Waals surface area (Å²) in [6.45, 7) is 9.01. The number of nitrogens with zero attached hydrogens (tertiary/aromatic N) is 1. The molecule has 0 aliphatic carbocycles. The zero-order valence-corrected chi connectivity index (χ0v) is 18.9. The second kappa shape index (κ2) is 8.57. The van der Waals surface area contributed by atoms with Crippen LogP contribution in [0.3, 0.4) is 0 Å². The molecule has 0 saturated carbocycles. The second-order valence-corrected chi connectivity index (χ2v) is 9.28. The van der Waals surface area contributed by atoms with E-state index in [1.165, 1.54) is 0 Å². The number of hydrogen-bond donors (Lipinski definition) is 1. The molecule has 2 aromatic carbocycles. The maximum atomic E-state index is 13.2. The molecule has 0 unspecified atom stereocenters. The lowest BCUT2D eigenvalue weighted by Crippen LogP contribution is -2.42. The Bertz CT molecular complexity index is 924. The van der Waals surface area contributed by atoms with E-state index < -0.39 is 5.41 Å². The maximum Gasteiger partial charge on any atom is 0.256 e. The minimum atomic E-state index is -0.617. The van der Waals surface area contributed by atoms with Gasteiger partial charge in [0.05, 0.1) is 16.7 Å². The van der Waals surface area contributed by atoms with Crippen molar-refractivity contribution in [3.8, 4) is 5.75 Å². The average molecular weight is 459 g/mol. The molecule has 29 heavy (non-hydrogen) atoms. The number of halogens is 1. The topological polar surface area (TPSA) is 58.6 Å². The van der Waals surface area contributed by atoms with Crippen molar-refractivity contribution >= 4 is 39.1 Å². The quantitative estimate of drug-likeness (QED) is 0.643. The van der Waals surface area contributed by atoms with Crippen molar-refractivity contribution in [1.29, 1.82) is 0 Å². The highest BCUT2D eigenvalue weighted by Crippen LogP contribution is 2.38. The van der Waals surface area contributed by atoms with E-state index in [0.717, 1.165) is 10.9 Å². The SMILES string of the molecule is CC(C)CCN1C(=O)C(C)(C)COc2ccc(NC(=O)c3ccccc3Br)cc21. The van der Waals surface area contributed by atoms with Crippen molar-refractivity contribution in [2.45, 2.75) is 34.1 Å². The van der Waals surface area contributed by atoms with E-state index in [-0.39, 0.29) is 11.8 Å². The van der Waals surface area contributed by atoms with Gasteiger partial charge in [0.2, 0.25) is 5.91 Å². The first-order chi connectivity index (χ1) is 13.7. The molecule has 0 fully saturated rings. The van der Waals surface area contributed by atoms with Gasteiger partial charge in [0, 0.05) is 16.7 Å². The van der Waals surface area contributed by atoms with Crippen LogP contribution in [0.5, 0.6) is 5.75 Å². The molecule has 6 heteroatoms. The lowest BCUT2D eigenvalue weighted by molar-refractivity contribution is -0.127. The third-order valence-electron chi connectivity index (χ3n) is 4.97. The van der Waals surface area contributed by atoms with Crippen LogP contribution in [-0.2, 0) is 4.79 Å². The predicted molar refractivity (Wildman–Crippen MR) is 120 cm³/mol. The summed E-state index contributed by atoms with van der Waals surface area (Å²) in [5, 5.41) is 2.93. The van der Waals surface area contributed by atoms with Gasteiger partial charge in [-0.15, -0.1) is 0 Å². The molecule has 1 aliphatic heterocycles. The highest BCUT2D eigenvalue weighted by molar-refractivity contribution is 9.10. The van der Waals surface area contributed by atoms with E-state index in [1.54, 1.807) is 17.0 Å². The summed E-state index contributed by atoms with van der Waals surface area (Å²) in [5.41, 5.74) is 1.25. The molecule has 2 amide bonds. The van der Waals surface area contributed by atoms with Gasteiger partial charge < -0.3 is 15.0 Å². The molecule has 0 radical (unpaired) electrons. The fraction of sp³-hybridized carbons (Fsp3) is 0.391. The van der Waals surface area contributed by atoms with Gasteiger partial charge in [0.15, 0.2) is 0 Å². The fourth-order valence-corrected chi connectivity index (χ4v) is 3.64. The van der Waals surface area contributed by atoms with Crippen molar-refractivity contribution in [1.82, 2.24) is 0 Å². The Kier molecular flexibility index (Phi) is 6.32. The monoisotopic (exact) mass is 458 g/mol. The second-order valence-electron chi connectivity index (χ2n) is 8.43. The molecule has 154 valence electrons. The van der Waals surface area contributed by atoms with Gasteiger partial charge in [0.1, 0.15) is 12.4 Å².